The zero-order chi connectivity index (χ0) is 15.4. The highest BCUT2D eigenvalue weighted by atomic mass is 19.1. The molecule has 2 N–H and O–H groups in total. The number of nitrogens with zero attached hydrogens (tertiary/aromatic N) is 1. The molecule has 3 nitrogen and oxygen atoms in total. The maximum atomic E-state index is 13.5. The summed E-state index contributed by atoms with van der Waals surface area (Å²) in [4.78, 5) is 2.05. The largest absolute Gasteiger partial charge is 0.488 e. The van der Waals surface area contributed by atoms with Crippen LogP contribution in [-0.4, -0.2) is 29.1 Å². The first-order chi connectivity index (χ1) is 9.94. The summed E-state index contributed by atoms with van der Waals surface area (Å²) < 4.78 is 13.5. The highest BCUT2D eigenvalue weighted by Gasteiger charge is 2.13. The third kappa shape index (κ3) is 4.67. The smallest absolute Gasteiger partial charge is 0.423 e. The summed E-state index contributed by atoms with van der Waals surface area (Å²) >= 11 is 0. The second kappa shape index (κ2) is 6.85. The first-order valence-electron chi connectivity index (χ1n) is 6.83. The minimum Gasteiger partial charge on any atom is -0.423 e. The summed E-state index contributed by atoms with van der Waals surface area (Å²) in [5.41, 5.74) is 3.29. The van der Waals surface area contributed by atoms with E-state index in [0.29, 0.717) is 12.1 Å². The Morgan fingerprint density at radius 3 is 2.24 bits per heavy atom. The van der Waals surface area contributed by atoms with Crippen LogP contribution in [-0.2, 0) is 13.1 Å². The van der Waals surface area contributed by atoms with E-state index in [0.717, 1.165) is 12.6 Å². The number of hydrogen-bond acceptors (Lipinski definition) is 3. The van der Waals surface area contributed by atoms with Gasteiger partial charge in [-0.2, -0.15) is 0 Å². The van der Waals surface area contributed by atoms with Crippen molar-refractivity contribution in [3.05, 3.63) is 65.0 Å². The van der Waals surface area contributed by atoms with Crippen molar-refractivity contribution in [1.82, 2.24) is 4.90 Å². The molecule has 0 fully saturated rings. The summed E-state index contributed by atoms with van der Waals surface area (Å²) in [7, 11) is 0.293. The molecule has 0 bridgehead atoms. The van der Waals surface area contributed by atoms with E-state index in [9.17, 15) is 4.39 Å². The van der Waals surface area contributed by atoms with Crippen molar-refractivity contribution in [2.24, 2.45) is 0 Å². The van der Waals surface area contributed by atoms with E-state index in [1.54, 1.807) is 6.07 Å². The first kappa shape index (κ1) is 15.7. The highest BCUT2D eigenvalue weighted by molar-refractivity contribution is 6.58. The van der Waals surface area contributed by atoms with Gasteiger partial charge in [0.2, 0.25) is 0 Å². The van der Waals surface area contributed by atoms with Gasteiger partial charge >= 0.3 is 7.12 Å². The fraction of sp³-hybridized carbons (Fsp3) is 0.250. The summed E-state index contributed by atoms with van der Waals surface area (Å²) in [6, 6.07) is 12.4. The lowest BCUT2D eigenvalue weighted by Crippen LogP contribution is -2.31. The standard InChI is InChI=1S/C16H19BFNO2/c1-12-3-5-13(6-4-12)10-19(2)11-14-7-15(17(20)21)9-16(18)8-14/h3-9,20-21H,10-11H2,1-2H3. The highest BCUT2D eigenvalue weighted by Crippen LogP contribution is 2.10. The lowest BCUT2D eigenvalue weighted by Gasteiger charge is -2.17. The second-order valence-electron chi connectivity index (χ2n) is 5.42. The van der Waals surface area contributed by atoms with Crippen LogP contribution < -0.4 is 5.46 Å². The molecule has 0 aliphatic carbocycles. The van der Waals surface area contributed by atoms with Crippen LogP contribution in [0.4, 0.5) is 4.39 Å². The summed E-state index contributed by atoms with van der Waals surface area (Å²) in [6.45, 7) is 3.32. The molecule has 5 heteroatoms. The van der Waals surface area contributed by atoms with Crippen molar-refractivity contribution < 1.29 is 14.4 Å². The van der Waals surface area contributed by atoms with Gasteiger partial charge in [-0.15, -0.1) is 0 Å². The van der Waals surface area contributed by atoms with Crippen molar-refractivity contribution >= 4 is 12.6 Å². The molecule has 0 radical (unpaired) electrons. The Hall–Kier alpha value is -1.69. The van der Waals surface area contributed by atoms with E-state index < -0.39 is 12.9 Å². The van der Waals surface area contributed by atoms with Crippen molar-refractivity contribution in [2.75, 3.05) is 7.05 Å². The average molecular weight is 287 g/mol. The number of aryl methyl sites for hydroxylation is 1. The molecule has 21 heavy (non-hydrogen) atoms. The van der Waals surface area contributed by atoms with Gasteiger partial charge in [0.25, 0.3) is 0 Å². The van der Waals surface area contributed by atoms with Crippen LogP contribution in [0.5, 0.6) is 0 Å². The summed E-state index contributed by atoms with van der Waals surface area (Å²) in [6.07, 6.45) is 0. The Morgan fingerprint density at radius 2 is 1.62 bits per heavy atom. The van der Waals surface area contributed by atoms with Crippen molar-refractivity contribution in [1.29, 1.82) is 0 Å². The minimum atomic E-state index is -1.65. The molecule has 2 rings (SSSR count). The van der Waals surface area contributed by atoms with E-state index in [2.05, 4.69) is 24.3 Å². The minimum absolute atomic E-state index is 0.175. The van der Waals surface area contributed by atoms with Crippen LogP contribution in [0.1, 0.15) is 16.7 Å². The van der Waals surface area contributed by atoms with Crippen LogP contribution in [0.3, 0.4) is 0 Å². The van der Waals surface area contributed by atoms with E-state index in [1.807, 2.05) is 18.9 Å². The second-order valence-corrected chi connectivity index (χ2v) is 5.42. The van der Waals surface area contributed by atoms with Gasteiger partial charge in [-0.3, -0.25) is 4.90 Å². The van der Waals surface area contributed by atoms with Crippen molar-refractivity contribution in [3.8, 4) is 0 Å². The van der Waals surface area contributed by atoms with Gasteiger partial charge < -0.3 is 10.0 Å². The fourth-order valence-electron chi connectivity index (χ4n) is 2.29. The Kier molecular flexibility index (Phi) is 5.12. The van der Waals surface area contributed by atoms with Gasteiger partial charge in [0.15, 0.2) is 0 Å². The van der Waals surface area contributed by atoms with Crippen LogP contribution >= 0.6 is 0 Å². The molecule has 110 valence electrons. The van der Waals surface area contributed by atoms with Crippen LogP contribution in [0, 0.1) is 12.7 Å². The molecule has 0 aromatic heterocycles. The van der Waals surface area contributed by atoms with E-state index >= 15 is 0 Å². The molecular weight excluding hydrogens is 268 g/mol. The topological polar surface area (TPSA) is 43.7 Å². The van der Waals surface area contributed by atoms with Crippen LogP contribution in [0.15, 0.2) is 42.5 Å². The van der Waals surface area contributed by atoms with E-state index in [4.69, 9.17) is 10.0 Å². The average Bonchev–Trinajstić information content (AvgIpc) is 2.40. The van der Waals surface area contributed by atoms with E-state index in [-0.39, 0.29) is 5.46 Å². The van der Waals surface area contributed by atoms with Gasteiger partial charge in [0, 0.05) is 13.1 Å². The predicted molar refractivity (Wildman–Crippen MR) is 82.6 cm³/mol. The third-order valence-corrected chi connectivity index (χ3v) is 3.30. The Labute approximate surface area is 124 Å². The zero-order valence-electron chi connectivity index (χ0n) is 12.3. The number of halogens is 1. The Morgan fingerprint density at radius 1 is 1.00 bits per heavy atom. The van der Waals surface area contributed by atoms with Gasteiger partial charge in [-0.05, 0) is 42.7 Å². The number of rotatable bonds is 5. The van der Waals surface area contributed by atoms with Crippen molar-refractivity contribution in [3.63, 3.8) is 0 Å². The predicted octanol–water partition coefficient (Wildman–Crippen LogP) is 1.45. The van der Waals surface area contributed by atoms with E-state index in [1.165, 1.54) is 17.2 Å². The van der Waals surface area contributed by atoms with Crippen LogP contribution in [0.25, 0.3) is 0 Å². The van der Waals surface area contributed by atoms with Crippen LogP contribution in [0.2, 0.25) is 0 Å². The monoisotopic (exact) mass is 287 g/mol. The molecule has 0 atom stereocenters. The van der Waals surface area contributed by atoms with Gasteiger partial charge in [0.1, 0.15) is 5.82 Å². The molecular formula is C16H19BFNO2. The lowest BCUT2D eigenvalue weighted by molar-refractivity contribution is 0.318. The summed E-state index contributed by atoms with van der Waals surface area (Å²) in [5.74, 6) is -0.459. The Bertz CT molecular complexity index is 602. The zero-order valence-corrected chi connectivity index (χ0v) is 12.3. The molecule has 0 aliphatic heterocycles. The lowest BCUT2D eigenvalue weighted by atomic mass is 9.79. The third-order valence-electron chi connectivity index (χ3n) is 3.30. The molecule has 0 heterocycles. The fourth-order valence-corrected chi connectivity index (χ4v) is 2.29. The van der Waals surface area contributed by atoms with Gasteiger partial charge in [0.05, 0.1) is 0 Å². The molecule has 2 aromatic rings. The SMILES string of the molecule is Cc1ccc(CN(C)Cc2cc(F)cc(B(O)O)c2)cc1. The Balaban J connectivity index is 2.05. The molecule has 0 saturated carbocycles. The van der Waals surface area contributed by atoms with Gasteiger partial charge in [-0.25, -0.2) is 4.39 Å². The molecule has 0 unspecified atom stereocenters. The molecule has 0 spiro atoms. The summed E-state index contributed by atoms with van der Waals surface area (Å²) in [5, 5.41) is 18.3. The molecule has 0 aliphatic rings. The number of hydrogen-bond donors (Lipinski definition) is 2. The quantitative estimate of drug-likeness (QED) is 0.818. The number of benzene rings is 2. The first-order valence-corrected chi connectivity index (χ1v) is 6.83. The molecule has 0 saturated heterocycles. The molecule has 2 aromatic carbocycles. The van der Waals surface area contributed by atoms with Gasteiger partial charge in [-0.1, -0.05) is 35.9 Å². The maximum absolute atomic E-state index is 13.5. The molecule has 0 amide bonds. The normalized spacial score (nSPS) is 11.0. The van der Waals surface area contributed by atoms with Crippen molar-refractivity contribution in [2.45, 2.75) is 20.0 Å². The maximum Gasteiger partial charge on any atom is 0.488 e.